The van der Waals surface area contributed by atoms with Crippen LogP contribution in [0.1, 0.15) is 29.8 Å². The van der Waals surface area contributed by atoms with Crippen LogP contribution in [0.5, 0.6) is 0 Å². The van der Waals surface area contributed by atoms with Gasteiger partial charge in [0.25, 0.3) is 0 Å². The molecule has 1 fully saturated rings. The molecule has 0 saturated carbocycles. The second-order valence-corrected chi connectivity index (χ2v) is 5.88. The molecule has 1 aliphatic rings. The summed E-state index contributed by atoms with van der Waals surface area (Å²) in [5.74, 6) is 0.953. The Hall–Kier alpha value is -0.950. The van der Waals surface area contributed by atoms with Crippen molar-refractivity contribution in [1.82, 2.24) is 15.5 Å². The summed E-state index contributed by atoms with van der Waals surface area (Å²) < 4.78 is 28.1. The van der Waals surface area contributed by atoms with E-state index in [0.717, 1.165) is 0 Å². The Morgan fingerprint density at radius 1 is 1.60 bits per heavy atom. The first kappa shape index (κ1) is 10.6. The molecule has 1 aromatic rings. The third kappa shape index (κ3) is 2.03. The molecule has 0 bridgehead atoms. The molecule has 0 radical (unpaired) electrons. The van der Waals surface area contributed by atoms with Crippen LogP contribution in [0.3, 0.4) is 0 Å². The van der Waals surface area contributed by atoms with Crippen LogP contribution in [0.2, 0.25) is 0 Å². The van der Waals surface area contributed by atoms with Crippen molar-refractivity contribution < 1.29 is 12.9 Å². The normalized spacial score (nSPS) is 24.5. The smallest absolute Gasteiger partial charge is 0.245 e. The number of hydrogen-bond donors (Lipinski definition) is 1. The molecule has 0 aromatic carbocycles. The van der Waals surface area contributed by atoms with Crippen LogP contribution in [-0.4, -0.2) is 31.4 Å². The van der Waals surface area contributed by atoms with Crippen LogP contribution in [-0.2, 0) is 16.4 Å². The van der Waals surface area contributed by atoms with E-state index in [2.05, 4.69) is 15.5 Å². The van der Waals surface area contributed by atoms with Crippen molar-refractivity contribution in [2.75, 3.05) is 12.8 Å². The van der Waals surface area contributed by atoms with Gasteiger partial charge in [-0.25, -0.2) is 8.42 Å². The summed E-state index contributed by atoms with van der Waals surface area (Å²) in [6.07, 6.45) is 1.26. The van der Waals surface area contributed by atoms with Crippen molar-refractivity contribution in [2.24, 2.45) is 0 Å². The molecule has 1 saturated heterocycles. The largest absolute Gasteiger partial charge is 0.338 e. The molecule has 1 aromatic heterocycles. The van der Waals surface area contributed by atoms with Gasteiger partial charge in [-0.1, -0.05) is 5.16 Å². The second-order valence-electron chi connectivity index (χ2n) is 3.58. The van der Waals surface area contributed by atoms with E-state index in [4.69, 9.17) is 4.52 Å². The van der Waals surface area contributed by atoms with Gasteiger partial charge >= 0.3 is 0 Å². The summed E-state index contributed by atoms with van der Waals surface area (Å²) in [7, 11) is -1.29. The lowest BCUT2D eigenvalue weighted by Crippen LogP contribution is -2.09. The molecule has 0 spiro atoms. The fourth-order valence-corrected chi connectivity index (χ4v) is 3.48. The quantitative estimate of drug-likeness (QED) is 0.790. The zero-order valence-electron chi connectivity index (χ0n) is 8.43. The van der Waals surface area contributed by atoms with Crippen molar-refractivity contribution >= 4 is 9.84 Å². The summed E-state index contributed by atoms with van der Waals surface area (Å²) in [6.45, 7) is 0.482. The monoisotopic (exact) mass is 231 g/mol. The fraction of sp³-hybridized carbons (Fsp3) is 0.750. The maximum atomic E-state index is 11.6. The molecule has 0 amide bonds. The van der Waals surface area contributed by atoms with Gasteiger partial charge in [-0.2, -0.15) is 4.98 Å². The molecule has 1 atom stereocenters. The Morgan fingerprint density at radius 3 is 3.00 bits per heavy atom. The maximum absolute atomic E-state index is 11.6. The van der Waals surface area contributed by atoms with E-state index in [0.29, 0.717) is 25.2 Å². The van der Waals surface area contributed by atoms with Gasteiger partial charge in [-0.3, -0.25) is 0 Å². The van der Waals surface area contributed by atoms with Crippen molar-refractivity contribution in [3.8, 4) is 0 Å². The van der Waals surface area contributed by atoms with Crippen molar-refractivity contribution in [1.29, 1.82) is 0 Å². The summed E-state index contributed by atoms with van der Waals surface area (Å²) in [4.78, 5) is 4.06. The highest BCUT2D eigenvalue weighted by molar-refractivity contribution is 7.91. The number of hydrogen-bond acceptors (Lipinski definition) is 6. The standard InChI is InChI=1S/C8H13N3O3S/c1-9-5-7-10-8(14-11-7)6-3-2-4-15(6,12)13/h6,9H,2-5H2,1H3. The van der Waals surface area contributed by atoms with E-state index in [1.807, 2.05) is 0 Å². The topological polar surface area (TPSA) is 85.1 Å². The van der Waals surface area contributed by atoms with E-state index in [1.54, 1.807) is 7.05 Å². The third-order valence-electron chi connectivity index (χ3n) is 2.42. The van der Waals surface area contributed by atoms with E-state index in [-0.39, 0.29) is 11.6 Å². The first-order valence-corrected chi connectivity index (χ1v) is 6.53. The van der Waals surface area contributed by atoms with Gasteiger partial charge in [0.15, 0.2) is 15.7 Å². The first-order valence-electron chi connectivity index (χ1n) is 4.82. The van der Waals surface area contributed by atoms with Gasteiger partial charge in [-0.05, 0) is 19.9 Å². The average Bonchev–Trinajstić information content (AvgIpc) is 2.72. The predicted octanol–water partition coefficient (Wildman–Crippen LogP) is 0.0387. The minimum atomic E-state index is -3.06. The lowest BCUT2D eigenvalue weighted by atomic mass is 10.2. The first-order chi connectivity index (χ1) is 7.13. The van der Waals surface area contributed by atoms with Gasteiger partial charge in [0, 0.05) is 0 Å². The third-order valence-corrected chi connectivity index (χ3v) is 4.58. The molecular weight excluding hydrogens is 218 g/mol. The highest BCUT2D eigenvalue weighted by Gasteiger charge is 2.36. The lowest BCUT2D eigenvalue weighted by molar-refractivity contribution is 0.366. The molecule has 2 heterocycles. The highest BCUT2D eigenvalue weighted by Crippen LogP contribution is 2.33. The Labute approximate surface area is 88.0 Å². The van der Waals surface area contributed by atoms with Crippen LogP contribution >= 0.6 is 0 Å². The van der Waals surface area contributed by atoms with Gasteiger partial charge in [0.05, 0.1) is 12.3 Å². The summed E-state index contributed by atoms with van der Waals surface area (Å²) in [5, 5.41) is 5.99. The van der Waals surface area contributed by atoms with Crippen molar-refractivity contribution in [3.05, 3.63) is 11.7 Å². The van der Waals surface area contributed by atoms with E-state index >= 15 is 0 Å². The van der Waals surface area contributed by atoms with E-state index in [1.165, 1.54) is 0 Å². The van der Waals surface area contributed by atoms with E-state index < -0.39 is 15.1 Å². The molecule has 0 aliphatic carbocycles. The predicted molar refractivity (Wildman–Crippen MR) is 52.8 cm³/mol. The Balaban J connectivity index is 2.22. The van der Waals surface area contributed by atoms with Crippen LogP contribution in [0, 0.1) is 0 Å². The Morgan fingerprint density at radius 2 is 2.40 bits per heavy atom. The summed E-state index contributed by atoms with van der Waals surface area (Å²) >= 11 is 0. The van der Waals surface area contributed by atoms with Crippen LogP contribution < -0.4 is 5.32 Å². The Bertz CT molecular complexity index is 440. The van der Waals surface area contributed by atoms with Crippen LogP contribution in [0.4, 0.5) is 0 Å². The molecular formula is C8H13N3O3S. The van der Waals surface area contributed by atoms with Gasteiger partial charge in [-0.15, -0.1) is 0 Å². The minimum absolute atomic E-state index is 0.224. The summed E-state index contributed by atoms with van der Waals surface area (Å²) in [5.41, 5.74) is 0. The van der Waals surface area contributed by atoms with Crippen molar-refractivity contribution in [2.45, 2.75) is 24.6 Å². The maximum Gasteiger partial charge on any atom is 0.245 e. The summed E-state index contributed by atoms with van der Waals surface area (Å²) in [6, 6.07) is 0. The van der Waals surface area contributed by atoms with Crippen LogP contribution in [0.15, 0.2) is 4.52 Å². The lowest BCUT2D eigenvalue weighted by Gasteiger charge is -2.01. The molecule has 1 N–H and O–H groups in total. The highest BCUT2D eigenvalue weighted by atomic mass is 32.2. The van der Waals surface area contributed by atoms with Gasteiger partial charge < -0.3 is 9.84 Å². The molecule has 2 rings (SSSR count). The van der Waals surface area contributed by atoms with Crippen LogP contribution in [0.25, 0.3) is 0 Å². The number of aromatic nitrogens is 2. The molecule has 7 heteroatoms. The van der Waals surface area contributed by atoms with Gasteiger partial charge in [0.1, 0.15) is 5.25 Å². The fourth-order valence-electron chi connectivity index (χ4n) is 1.70. The molecule has 6 nitrogen and oxygen atoms in total. The van der Waals surface area contributed by atoms with E-state index in [9.17, 15) is 8.42 Å². The number of nitrogens with zero attached hydrogens (tertiary/aromatic N) is 2. The molecule has 1 aliphatic heterocycles. The number of rotatable bonds is 3. The van der Waals surface area contributed by atoms with Gasteiger partial charge in [0.2, 0.25) is 5.89 Å². The number of sulfone groups is 1. The zero-order chi connectivity index (χ0) is 10.9. The molecule has 84 valence electrons. The average molecular weight is 231 g/mol. The Kier molecular flexibility index (Phi) is 2.74. The minimum Gasteiger partial charge on any atom is -0.338 e. The second kappa shape index (κ2) is 3.90. The molecule has 1 unspecified atom stereocenters. The van der Waals surface area contributed by atoms with Crippen molar-refractivity contribution in [3.63, 3.8) is 0 Å². The SMILES string of the molecule is CNCc1noc(C2CCCS2(=O)=O)n1. The molecule has 15 heavy (non-hydrogen) atoms. The zero-order valence-corrected chi connectivity index (χ0v) is 9.25. The number of nitrogens with one attached hydrogen (secondary N) is 1.